The molecular formula is C6H7N3OS. The Bertz CT molecular complexity index is 236. The molecule has 2 heterocycles. The van der Waals surface area contributed by atoms with Crippen LogP contribution in [0.3, 0.4) is 0 Å². The molecule has 0 aliphatic carbocycles. The van der Waals surface area contributed by atoms with E-state index in [0.29, 0.717) is 5.82 Å². The number of nitrogens with zero attached hydrogens (tertiary/aromatic N) is 2. The van der Waals surface area contributed by atoms with Crippen LogP contribution in [-0.2, 0) is 0 Å². The Morgan fingerprint density at radius 3 is 2.64 bits per heavy atom. The van der Waals surface area contributed by atoms with E-state index in [1.807, 2.05) is 5.38 Å². The first-order valence-electron chi connectivity index (χ1n) is 2.90. The minimum absolute atomic E-state index is 0.611. The molecule has 11 heavy (non-hydrogen) atoms. The van der Waals surface area contributed by atoms with Crippen molar-refractivity contribution < 1.29 is 4.52 Å². The predicted octanol–water partition coefficient (Wildman–Crippen LogP) is 1.40. The minimum Gasteiger partial charge on any atom is -0.383 e. The lowest BCUT2D eigenvalue weighted by Crippen LogP contribution is -1.78. The van der Waals surface area contributed by atoms with Gasteiger partial charge in [0.15, 0.2) is 0 Å². The Balaban J connectivity index is 0.000000112. The van der Waals surface area contributed by atoms with Crippen molar-refractivity contribution in [2.24, 2.45) is 0 Å². The van der Waals surface area contributed by atoms with Gasteiger partial charge in [-0.25, -0.2) is 0 Å². The summed E-state index contributed by atoms with van der Waals surface area (Å²) in [6.07, 6.45) is 3.10. The Hall–Kier alpha value is -1.36. The lowest BCUT2D eigenvalue weighted by atomic mass is 10.7. The van der Waals surface area contributed by atoms with E-state index in [0.717, 1.165) is 0 Å². The van der Waals surface area contributed by atoms with Crippen LogP contribution >= 0.6 is 11.5 Å². The van der Waals surface area contributed by atoms with Crippen LogP contribution in [-0.4, -0.2) is 9.53 Å². The van der Waals surface area contributed by atoms with Gasteiger partial charge in [0.2, 0.25) is 0 Å². The quantitative estimate of drug-likeness (QED) is 0.647. The van der Waals surface area contributed by atoms with Gasteiger partial charge in [-0.3, -0.25) is 0 Å². The fraction of sp³-hybridized carbons (Fsp3) is 0. The van der Waals surface area contributed by atoms with E-state index in [1.54, 1.807) is 18.3 Å². The standard InChI is InChI=1S/C3H4N2S.C3H3NO/c4-3-1-2-6-5-3;1-2-4-5-3-1/h1-2H,(H2,4,5);1-3H. The fourth-order valence-electron chi connectivity index (χ4n) is 0.398. The maximum Gasteiger partial charge on any atom is 0.136 e. The summed E-state index contributed by atoms with van der Waals surface area (Å²) in [5.74, 6) is 0.611. The van der Waals surface area contributed by atoms with Crippen LogP contribution in [0.2, 0.25) is 0 Å². The second-order valence-corrected chi connectivity index (χ2v) is 2.28. The van der Waals surface area contributed by atoms with Crippen LogP contribution in [0, 0.1) is 0 Å². The van der Waals surface area contributed by atoms with Crippen LogP contribution in [0.4, 0.5) is 5.82 Å². The van der Waals surface area contributed by atoms with Crippen molar-refractivity contribution in [3.05, 3.63) is 30.0 Å². The topological polar surface area (TPSA) is 64.9 Å². The molecule has 0 spiro atoms. The average Bonchev–Trinajstić information content (AvgIpc) is 2.57. The summed E-state index contributed by atoms with van der Waals surface area (Å²) in [7, 11) is 0. The van der Waals surface area contributed by atoms with E-state index in [-0.39, 0.29) is 0 Å². The molecule has 58 valence electrons. The minimum atomic E-state index is 0.611. The zero-order chi connectivity index (χ0) is 7.94. The molecule has 2 aromatic rings. The van der Waals surface area contributed by atoms with E-state index >= 15 is 0 Å². The fourth-order valence-corrected chi connectivity index (χ4v) is 0.841. The summed E-state index contributed by atoms with van der Waals surface area (Å²) in [4.78, 5) is 0. The largest absolute Gasteiger partial charge is 0.383 e. The number of rotatable bonds is 0. The van der Waals surface area contributed by atoms with Crippen molar-refractivity contribution in [1.82, 2.24) is 9.53 Å². The van der Waals surface area contributed by atoms with E-state index in [9.17, 15) is 0 Å². The first-order valence-corrected chi connectivity index (χ1v) is 3.73. The molecule has 0 radical (unpaired) electrons. The number of aromatic nitrogens is 2. The second kappa shape index (κ2) is 4.45. The molecular weight excluding hydrogens is 162 g/mol. The van der Waals surface area contributed by atoms with Crippen LogP contribution in [0.25, 0.3) is 0 Å². The maximum atomic E-state index is 5.18. The smallest absolute Gasteiger partial charge is 0.136 e. The highest BCUT2D eigenvalue weighted by Gasteiger charge is 1.76. The molecule has 2 N–H and O–H groups in total. The van der Waals surface area contributed by atoms with Gasteiger partial charge in [-0.05, 0) is 23.7 Å². The zero-order valence-corrected chi connectivity index (χ0v) is 6.49. The van der Waals surface area contributed by atoms with Gasteiger partial charge < -0.3 is 10.3 Å². The van der Waals surface area contributed by atoms with Gasteiger partial charge in [-0.15, -0.1) is 0 Å². The molecule has 2 aromatic heterocycles. The van der Waals surface area contributed by atoms with Crippen molar-refractivity contribution in [2.45, 2.75) is 0 Å². The van der Waals surface area contributed by atoms with Crippen molar-refractivity contribution in [3.63, 3.8) is 0 Å². The summed E-state index contributed by atoms with van der Waals surface area (Å²) < 4.78 is 8.07. The second-order valence-electron chi connectivity index (χ2n) is 1.61. The number of nitrogen functional groups attached to an aromatic ring is 1. The van der Waals surface area contributed by atoms with E-state index in [1.165, 1.54) is 17.8 Å². The number of anilines is 1. The number of hydrogen-bond donors (Lipinski definition) is 1. The van der Waals surface area contributed by atoms with Crippen LogP contribution in [0.15, 0.2) is 34.5 Å². The van der Waals surface area contributed by atoms with Crippen LogP contribution in [0.1, 0.15) is 0 Å². The highest BCUT2D eigenvalue weighted by atomic mass is 32.1. The van der Waals surface area contributed by atoms with E-state index in [4.69, 9.17) is 5.73 Å². The Kier molecular flexibility index (Phi) is 3.14. The molecule has 2 rings (SSSR count). The van der Waals surface area contributed by atoms with Gasteiger partial charge in [0.05, 0.1) is 6.20 Å². The van der Waals surface area contributed by atoms with Gasteiger partial charge >= 0.3 is 0 Å². The summed E-state index contributed by atoms with van der Waals surface area (Å²) in [5, 5.41) is 5.19. The van der Waals surface area contributed by atoms with Crippen molar-refractivity contribution in [3.8, 4) is 0 Å². The molecule has 4 nitrogen and oxygen atoms in total. The number of nitrogens with two attached hydrogens (primary N) is 1. The Labute approximate surface area is 67.8 Å². The highest BCUT2D eigenvalue weighted by molar-refractivity contribution is 7.03. The molecule has 0 atom stereocenters. The molecule has 0 amide bonds. The average molecular weight is 169 g/mol. The third-order valence-corrected chi connectivity index (χ3v) is 1.38. The zero-order valence-electron chi connectivity index (χ0n) is 5.68. The summed E-state index contributed by atoms with van der Waals surface area (Å²) in [6, 6.07) is 3.49. The maximum absolute atomic E-state index is 5.18. The van der Waals surface area contributed by atoms with Gasteiger partial charge in [0, 0.05) is 5.38 Å². The molecule has 0 aliphatic rings. The molecule has 0 unspecified atom stereocenters. The normalized spacial score (nSPS) is 8.36. The van der Waals surface area contributed by atoms with Crippen LogP contribution in [0.5, 0.6) is 0 Å². The SMILES string of the molecule is Nc1ccsn1.c1cnoc1. The molecule has 0 aromatic carbocycles. The van der Waals surface area contributed by atoms with Gasteiger partial charge in [0.25, 0.3) is 0 Å². The third kappa shape index (κ3) is 3.36. The summed E-state index contributed by atoms with van der Waals surface area (Å²) in [5.41, 5.74) is 5.18. The molecule has 0 bridgehead atoms. The Morgan fingerprint density at radius 1 is 1.55 bits per heavy atom. The predicted molar refractivity (Wildman–Crippen MR) is 43.0 cm³/mol. The van der Waals surface area contributed by atoms with Gasteiger partial charge in [-0.2, -0.15) is 4.37 Å². The van der Waals surface area contributed by atoms with E-state index < -0.39 is 0 Å². The lowest BCUT2D eigenvalue weighted by Gasteiger charge is -1.67. The highest BCUT2D eigenvalue weighted by Crippen LogP contribution is 1.97. The Morgan fingerprint density at radius 2 is 2.45 bits per heavy atom. The third-order valence-electron chi connectivity index (χ3n) is 0.805. The van der Waals surface area contributed by atoms with Gasteiger partial charge in [0.1, 0.15) is 12.1 Å². The molecule has 0 fully saturated rings. The molecule has 0 saturated heterocycles. The molecule has 0 aliphatic heterocycles. The first kappa shape index (κ1) is 7.74. The summed E-state index contributed by atoms with van der Waals surface area (Å²) in [6.45, 7) is 0. The number of hydrogen-bond acceptors (Lipinski definition) is 5. The van der Waals surface area contributed by atoms with E-state index in [2.05, 4.69) is 14.1 Å². The summed E-state index contributed by atoms with van der Waals surface area (Å²) >= 11 is 1.36. The van der Waals surface area contributed by atoms with Gasteiger partial charge in [-0.1, -0.05) is 5.16 Å². The lowest BCUT2D eigenvalue weighted by molar-refractivity contribution is 0.420. The monoisotopic (exact) mass is 169 g/mol. The van der Waals surface area contributed by atoms with Crippen molar-refractivity contribution in [2.75, 3.05) is 5.73 Å². The van der Waals surface area contributed by atoms with Crippen molar-refractivity contribution in [1.29, 1.82) is 0 Å². The molecule has 0 saturated carbocycles. The molecule has 5 heteroatoms. The van der Waals surface area contributed by atoms with Crippen molar-refractivity contribution >= 4 is 17.4 Å². The van der Waals surface area contributed by atoms with Crippen LogP contribution < -0.4 is 5.73 Å². The first-order chi connectivity index (χ1) is 5.39.